The van der Waals surface area contributed by atoms with Gasteiger partial charge in [0, 0.05) is 21.8 Å². The fourth-order valence-electron chi connectivity index (χ4n) is 2.72. The zero-order valence-corrected chi connectivity index (χ0v) is 13.0. The zero-order valence-electron chi connectivity index (χ0n) is 10.6. The Balaban J connectivity index is 2.17. The molecular formula is C14H19BrN2S. The molecule has 1 aromatic rings. The van der Waals surface area contributed by atoms with Crippen LogP contribution in [0.4, 0.5) is 5.69 Å². The molecule has 1 unspecified atom stereocenters. The molecule has 0 saturated heterocycles. The molecule has 3 N–H and O–H groups in total. The number of thiocarbonyl (C=S) groups is 1. The molecule has 2 nitrogen and oxygen atoms in total. The third-order valence-electron chi connectivity index (χ3n) is 3.75. The Hall–Kier alpha value is -0.610. The Bertz CT molecular complexity index is 441. The molecule has 1 aliphatic carbocycles. The Morgan fingerprint density at radius 2 is 2.11 bits per heavy atom. The molecule has 4 heteroatoms. The van der Waals surface area contributed by atoms with E-state index in [4.69, 9.17) is 18.0 Å². The number of hydrogen-bond acceptors (Lipinski definition) is 2. The monoisotopic (exact) mass is 326 g/mol. The quantitative estimate of drug-likeness (QED) is 0.819. The number of nitrogens with two attached hydrogens (primary N) is 1. The first-order valence-electron chi connectivity index (χ1n) is 6.44. The van der Waals surface area contributed by atoms with Crippen LogP contribution in [0.3, 0.4) is 0 Å². The van der Waals surface area contributed by atoms with Crippen LogP contribution in [0.2, 0.25) is 0 Å². The van der Waals surface area contributed by atoms with Crippen LogP contribution in [0.1, 0.15) is 38.2 Å². The molecule has 0 heterocycles. The van der Waals surface area contributed by atoms with Gasteiger partial charge >= 0.3 is 0 Å². The van der Waals surface area contributed by atoms with Gasteiger partial charge in [-0.15, -0.1) is 0 Å². The Morgan fingerprint density at radius 1 is 1.44 bits per heavy atom. The van der Waals surface area contributed by atoms with E-state index in [-0.39, 0.29) is 0 Å². The summed E-state index contributed by atoms with van der Waals surface area (Å²) >= 11 is 8.65. The van der Waals surface area contributed by atoms with Crippen LogP contribution >= 0.6 is 28.1 Å². The fourth-order valence-corrected chi connectivity index (χ4v) is 3.65. The van der Waals surface area contributed by atoms with Crippen molar-refractivity contribution in [2.75, 3.05) is 5.32 Å². The first kappa shape index (κ1) is 13.8. The van der Waals surface area contributed by atoms with Gasteiger partial charge < -0.3 is 11.1 Å². The summed E-state index contributed by atoms with van der Waals surface area (Å²) in [5.41, 5.74) is 7.76. The van der Waals surface area contributed by atoms with Gasteiger partial charge in [0.05, 0.1) is 0 Å². The van der Waals surface area contributed by atoms with Crippen molar-refractivity contribution in [2.45, 2.75) is 38.6 Å². The largest absolute Gasteiger partial charge is 0.389 e. The predicted molar refractivity (Wildman–Crippen MR) is 85.1 cm³/mol. The van der Waals surface area contributed by atoms with Crippen molar-refractivity contribution in [3.05, 3.63) is 28.2 Å². The van der Waals surface area contributed by atoms with Crippen LogP contribution in [0, 0.1) is 5.92 Å². The highest BCUT2D eigenvalue weighted by Gasteiger charge is 2.22. The summed E-state index contributed by atoms with van der Waals surface area (Å²) in [4.78, 5) is 0.434. The highest BCUT2D eigenvalue weighted by Crippen LogP contribution is 2.31. The van der Waals surface area contributed by atoms with Crippen molar-refractivity contribution in [2.24, 2.45) is 11.7 Å². The Morgan fingerprint density at radius 3 is 2.72 bits per heavy atom. The van der Waals surface area contributed by atoms with Gasteiger partial charge in [0.25, 0.3) is 0 Å². The molecule has 1 aliphatic rings. The average Bonchev–Trinajstić information content (AvgIpc) is 2.81. The molecule has 0 spiro atoms. The summed E-state index contributed by atoms with van der Waals surface area (Å²) in [5, 5.41) is 3.58. The van der Waals surface area contributed by atoms with Crippen molar-refractivity contribution in [1.82, 2.24) is 0 Å². The number of rotatable bonds is 4. The van der Waals surface area contributed by atoms with E-state index in [1.54, 1.807) is 0 Å². The summed E-state index contributed by atoms with van der Waals surface area (Å²) in [5.74, 6) is 0.767. The molecule has 0 aliphatic heterocycles. The standard InChI is InChI=1S/C14H19BrN2S/c1-9(10-5-2-3-6-10)17-12-8-4-7-11(15)13(12)14(16)18/h4,7-10,17H,2-3,5-6H2,1H3,(H2,16,18). The number of hydrogen-bond donors (Lipinski definition) is 2. The summed E-state index contributed by atoms with van der Waals surface area (Å²) in [7, 11) is 0. The lowest BCUT2D eigenvalue weighted by Crippen LogP contribution is -2.25. The molecule has 0 radical (unpaired) electrons. The van der Waals surface area contributed by atoms with Crippen molar-refractivity contribution in [3.63, 3.8) is 0 Å². The molecule has 0 amide bonds. The van der Waals surface area contributed by atoms with E-state index in [0.717, 1.165) is 21.6 Å². The molecule has 1 aromatic carbocycles. The first-order chi connectivity index (χ1) is 8.59. The Kier molecular flexibility index (Phi) is 4.62. The lowest BCUT2D eigenvalue weighted by atomic mass is 9.99. The fraction of sp³-hybridized carbons (Fsp3) is 0.500. The summed E-state index contributed by atoms with van der Waals surface area (Å²) in [6.07, 6.45) is 5.36. The van der Waals surface area contributed by atoms with E-state index in [1.165, 1.54) is 25.7 Å². The highest BCUT2D eigenvalue weighted by atomic mass is 79.9. The van der Waals surface area contributed by atoms with Gasteiger partial charge in [0.15, 0.2) is 0 Å². The SMILES string of the molecule is CC(Nc1cccc(Br)c1C(N)=S)C1CCCC1. The molecule has 2 rings (SSSR count). The van der Waals surface area contributed by atoms with E-state index in [2.05, 4.69) is 28.2 Å². The summed E-state index contributed by atoms with van der Waals surface area (Å²) in [6.45, 7) is 2.25. The molecule has 18 heavy (non-hydrogen) atoms. The van der Waals surface area contributed by atoms with Crippen LogP contribution in [0.25, 0.3) is 0 Å². The Labute approximate surface area is 122 Å². The van der Waals surface area contributed by atoms with E-state index in [0.29, 0.717) is 11.0 Å². The number of nitrogens with one attached hydrogen (secondary N) is 1. The normalized spacial score (nSPS) is 17.7. The third-order valence-corrected chi connectivity index (χ3v) is 4.62. The van der Waals surface area contributed by atoms with Crippen molar-refractivity contribution in [3.8, 4) is 0 Å². The van der Waals surface area contributed by atoms with Gasteiger partial charge in [-0.1, -0.05) is 31.1 Å². The second-order valence-electron chi connectivity index (χ2n) is 5.00. The maximum Gasteiger partial charge on any atom is 0.107 e. The van der Waals surface area contributed by atoms with E-state index >= 15 is 0 Å². The van der Waals surface area contributed by atoms with Crippen LogP contribution in [0.15, 0.2) is 22.7 Å². The minimum Gasteiger partial charge on any atom is -0.389 e. The van der Waals surface area contributed by atoms with Crippen molar-refractivity contribution >= 4 is 38.8 Å². The average molecular weight is 327 g/mol. The van der Waals surface area contributed by atoms with Crippen molar-refractivity contribution in [1.29, 1.82) is 0 Å². The van der Waals surface area contributed by atoms with E-state index < -0.39 is 0 Å². The molecule has 98 valence electrons. The molecule has 1 atom stereocenters. The minimum atomic E-state index is 0.434. The lowest BCUT2D eigenvalue weighted by Gasteiger charge is -2.23. The number of benzene rings is 1. The van der Waals surface area contributed by atoms with E-state index in [1.807, 2.05) is 18.2 Å². The maximum atomic E-state index is 5.81. The smallest absolute Gasteiger partial charge is 0.107 e. The van der Waals surface area contributed by atoms with E-state index in [9.17, 15) is 0 Å². The van der Waals surface area contributed by atoms with Gasteiger partial charge in [0.2, 0.25) is 0 Å². The first-order valence-corrected chi connectivity index (χ1v) is 7.64. The second-order valence-corrected chi connectivity index (χ2v) is 6.30. The molecular weight excluding hydrogens is 308 g/mol. The zero-order chi connectivity index (χ0) is 13.1. The van der Waals surface area contributed by atoms with Gasteiger partial charge in [-0.05, 0) is 53.7 Å². The number of anilines is 1. The maximum absolute atomic E-state index is 5.81. The molecule has 0 aromatic heterocycles. The minimum absolute atomic E-state index is 0.434. The van der Waals surface area contributed by atoms with Crippen LogP contribution in [0.5, 0.6) is 0 Å². The third kappa shape index (κ3) is 3.04. The highest BCUT2D eigenvalue weighted by molar-refractivity contribution is 9.10. The van der Waals surface area contributed by atoms with Crippen LogP contribution < -0.4 is 11.1 Å². The molecule has 1 fully saturated rings. The molecule has 1 saturated carbocycles. The summed E-state index contributed by atoms with van der Waals surface area (Å²) in [6, 6.07) is 6.50. The van der Waals surface area contributed by atoms with Crippen LogP contribution in [-0.2, 0) is 0 Å². The number of halogens is 1. The molecule has 0 bridgehead atoms. The lowest BCUT2D eigenvalue weighted by molar-refractivity contribution is 0.482. The topological polar surface area (TPSA) is 38.0 Å². The van der Waals surface area contributed by atoms with Gasteiger partial charge in [-0.3, -0.25) is 0 Å². The second kappa shape index (κ2) is 6.02. The van der Waals surface area contributed by atoms with Gasteiger partial charge in [-0.25, -0.2) is 0 Å². The summed E-state index contributed by atoms with van der Waals surface area (Å²) < 4.78 is 0.957. The van der Waals surface area contributed by atoms with Crippen LogP contribution in [-0.4, -0.2) is 11.0 Å². The van der Waals surface area contributed by atoms with Gasteiger partial charge in [0.1, 0.15) is 4.99 Å². The van der Waals surface area contributed by atoms with Gasteiger partial charge in [-0.2, -0.15) is 0 Å². The predicted octanol–water partition coefficient (Wildman–Crippen LogP) is 4.07. The van der Waals surface area contributed by atoms with Crippen molar-refractivity contribution < 1.29 is 0 Å².